The Kier molecular flexibility index (Phi) is 17.0. The van der Waals surface area contributed by atoms with Crippen molar-refractivity contribution >= 4 is 5.97 Å². The Labute approximate surface area is 164 Å². The highest BCUT2D eigenvalue weighted by atomic mass is 16.4. The van der Waals surface area contributed by atoms with Crippen LogP contribution in [-0.4, -0.2) is 44.7 Å². The summed E-state index contributed by atoms with van der Waals surface area (Å²) < 4.78 is 0. The first kappa shape index (κ1) is 25.6. The van der Waals surface area contributed by atoms with Gasteiger partial charge in [0.15, 0.2) is 0 Å². The van der Waals surface area contributed by atoms with Gasteiger partial charge in [0, 0.05) is 6.42 Å². The van der Waals surface area contributed by atoms with Gasteiger partial charge in [0.25, 0.3) is 0 Å². The zero-order valence-corrected chi connectivity index (χ0v) is 16.7. The average Bonchev–Trinajstić information content (AvgIpc) is 2.63. The predicted octanol–water partition coefficient (Wildman–Crippen LogP) is 4.13. The van der Waals surface area contributed by atoms with E-state index in [4.69, 9.17) is 5.11 Å². The third-order valence-corrected chi connectivity index (χ3v) is 4.33. The molecule has 0 rings (SSSR count). The van der Waals surface area contributed by atoms with Crippen LogP contribution in [-0.2, 0) is 4.79 Å². The number of rotatable bonds is 17. The molecular weight excluding hydrogens is 344 g/mol. The Morgan fingerprint density at radius 1 is 0.852 bits per heavy atom. The largest absolute Gasteiger partial charge is 0.481 e. The number of aliphatic carboxylic acids is 1. The van der Waals surface area contributed by atoms with Crippen molar-refractivity contribution in [3.8, 4) is 0 Å². The minimum absolute atomic E-state index is 0.192. The minimum atomic E-state index is -0.771. The molecule has 0 aliphatic carbocycles. The summed E-state index contributed by atoms with van der Waals surface area (Å²) in [5, 5.41) is 38.0. The maximum atomic E-state index is 10.4. The molecule has 4 N–H and O–H groups in total. The minimum Gasteiger partial charge on any atom is -0.481 e. The maximum Gasteiger partial charge on any atom is 0.303 e. The highest BCUT2D eigenvalue weighted by Crippen LogP contribution is 2.10. The van der Waals surface area contributed by atoms with Crippen LogP contribution in [0, 0.1) is 0 Å². The van der Waals surface area contributed by atoms with Crippen molar-refractivity contribution in [2.24, 2.45) is 0 Å². The summed E-state index contributed by atoms with van der Waals surface area (Å²) in [5.41, 5.74) is 0. The van der Waals surface area contributed by atoms with Crippen molar-refractivity contribution in [1.29, 1.82) is 0 Å². The van der Waals surface area contributed by atoms with E-state index in [1.54, 1.807) is 6.08 Å². The Balaban J connectivity index is 3.75. The molecule has 0 heterocycles. The SMILES string of the molecule is CCCCCC(O)C(O)C/C=C/C/C=C/C=C/C(O)CCCCCC(=O)O. The second-order valence-electron chi connectivity index (χ2n) is 6.95. The van der Waals surface area contributed by atoms with Gasteiger partial charge in [-0.2, -0.15) is 0 Å². The lowest BCUT2D eigenvalue weighted by molar-refractivity contribution is -0.137. The molecule has 27 heavy (non-hydrogen) atoms. The fourth-order valence-corrected chi connectivity index (χ4v) is 2.62. The second kappa shape index (κ2) is 18.0. The van der Waals surface area contributed by atoms with Gasteiger partial charge in [0.2, 0.25) is 0 Å². The van der Waals surface area contributed by atoms with Crippen molar-refractivity contribution in [3.63, 3.8) is 0 Å². The first-order chi connectivity index (χ1) is 13.0. The third-order valence-electron chi connectivity index (χ3n) is 4.33. The molecular formula is C22H38O5. The number of hydrogen-bond acceptors (Lipinski definition) is 4. The van der Waals surface area contributed by atoms with E-state index in [1.807, 2.05) is 30.4 Å². The Morgan fingerprint density at radius 3 is 2.30 bits per heavy atom. The number of aliphatic hydroxyl groups excluding tert-OH is 3. The zero-order chi connectivity index (χ0) is 20.3. The van der Waals surface area contributed by atoms with Crippen LogP contribution in [0.15, 0.2) is 36.5 Å². The lowest BCUT2D eigenvalue weighted by atomic mass is 10.0. The van der Waals surface area contributed by atoms with E-state index < -0.39 is 24.3 Å². The quantitative estimate of drug-likeness (QED) is 0.172. The van der Waals surface area contributed by atoms with Crippen molar-refractivity contribution < 1.29 is 25.2 Å². The number of allylic oxidation sites excluding steroid dienone is 4. The van der Waals surface area contributed by atoms with Crippen molar-refractivity contribution in [3.05, 3.63) is 36.5 Å². The van der Waals surface area contributed by atoms with Gasteiger partial charge >= 0.3 is 5.97 Å². The third kappa shape index (κ3) is 17.7. The van der Waals surface area contributed by atoms with E-state index in [2.05, 4.69) is 6.92 Å². The molecule has 0 amide bonds. The Bertz CT molecular complexity index is 442. The number of carboxylic acid groups (broad SMARTS) is 1. The molecule has 0 aromatic carbocycles. The monoisotopic (exact) mass is 382 g/mol. The van der Waals surface area contributed by atoms with E-state index in [-0.39, 0.29) is 6.42 Å². The molecule has 0 spiro atoms. The molecule has 3 atom stereocenters. The van der Waals surface area contributed by atoms with Gasteiger partial charge in [-0.05, 0) is 32.1 Å². The van der Waals surface area contributed by atoms with Crippen LogP contribution in [0.4, 0.5) is 0 Å². The zero-order valence-electron chi connectivity index (χ0n) is 16.7. The van der Waals surface area contributed by atoms with E-state index in [9.17, 15) is 20.1 Å². The summed E-state index contributed by atoms with van der Waals surface area (Å²) in [6.45, 7) is 2.11. The van der Waals surface area contributed by atoms with Gasteiger partial charge in [0.1, 0.15) is 0 Å². The molecule has 0 bridgehead atoms. The van der Waals surface area contributed by atoms with Gasteiger partial charge in [0.05, 0.1) is 18.3 Å². The molecule has 0 aromatic heterocycles. The summed E-state index contributed by atoms with van der Waals surface area (Å²) in [6, 6.07) is 0. The average molecular weight is 383 g/mol. The first-order valence-electron chi connectivity index (χ1n) is 10.2. The first-order valence-corrected chi connectivity index (χ1v) is 10.2. The fraction of sp³-hybridized carbons (Fsp3) is 0.682. The number of carboxylic acids is 1. The summed E-state index contributed by atoms with van der Waals surface area (Å²) >= 11 is 0. The molecule has 5 heteroatoms. The number of unbranched alkanes of at least 4 members (excludes halogenated alkanes) is 4. The van der Waals surface area contributed by atoms with Crippen LogP contribution in [0.5, 0.6) is 0 Å². The van der Waals surface area contributed by atoms with Crippen molar-refractivity contribution in [1.82, 2.24) is 0 Å². The predicted molar refractivity (Wildman–Crippen MR) is 110 cm³/mol. The number of carbonyl (C=O) groups is 1. The van der Waals surface area contributed by atoms with Gasteiger partial charge < -0.3 is 20.4 Å². The molecule has 0 fully saturated rings. The lowest BCUT2D eigenvalue weighted by Gasteiger charge is -2.15. The number of hydrogen-bond donors (Lipinski definition) is 4. The van der Waals surface area contributed by atoms with Crippen LogP contribution in [0.2, 0.25) is 0 Å². The summed E-state index contributed by atoms with van der Waals surface area (Å²) in [4.78, 5) is 10.4. The molecule has 0 saturated carbocycles. The van der Waals surface area contributed by atoms with Crippen LogP contribution in [0.3, 0.4) is 0 Å². The van der Waals surface area contributed by atoms with Crippen molar-refractivity contribution in [2.75, 3.05) is 0 Å². The highest BCUT2D eigenvalue weighted by Gasteiger charge is 2.13. The van der Waals surface area contributed by atoms with Crippen LogP contribution < -0.4 is 0 Å². The molecule has 0 radical (unpaired) electrons. The van der Waals surface area contributed by atoms with E-state index in [0.717, 1.165) is 38.5 Å². The maximum absolute atomic E-state index is 10.4. The number of aliphatic hydroxyl groups is 3. The van der Waals surface area contributed by atoms with E-state index >= 15 is 0 Å². The molecule has 0 aliphatic rings. The molecule has 3 unspecified atom stereocenters. The van der Waals surface area contributed by atoms with E-state index in [1.165, 1.54) is 0 Å². The molecule has 0 saturated heterocycles. The fourth-order valence-electron chi connectivity index (χ4n) is 2.62. The van der Waals surface area contributed by atoms with E-state index in [0.29, 0.717) is 25.7 Å². The standard InChI is InChI=1S/C22H38O5/c1-2-3-9-16-20(24)21(25)17-12-7-5-4-6-10-14-19(23)15-11-8-13-18-22(26)27/h4,6-7,10,12,14,19-21,23-25H,2-3,5,8-9,11,13,15-18H2,1H3,(H,26,27)/b6-4+,12-7+,14-10+. The van der Waals surface area contributed by atoms with Crippen molar-refractivity contribution in [2.45, 2.75) is 95.9 Å². The lowest BCUT2D eigenvalue weighted by Crippen LogP contribution is -2.25. The highest BCUT2D eigenvalue weighted by molar-refractivity contribution is 5.66. The van der Waals surface area contributed by atoms with Crippen LogP contribution in [0.25, 0.3) is 0 Å². The van der Waals surface area contributed by atoms with Gasteiger partial charge in [-0.15, -0.1) is 0 Å². The Hall–Kier alpha value is -1.43. The molecule has 0 aliphatic heterocycles. The van der Waals surface area contributed by atoms with Crippen LogP contribution in [0.1, 0.15) is 77.6 Å². The summed E-state index contributed by atoms with van der Waals surface area (Å²) in [6.07, 6.45) is 17.4. The van der Waals surface area contributed by atoms with Gasteiger partial charge in [-0.25, -0.2) is 0 Å². The topological polar surface area (TPSA) is 98.0 Å². The summed E-state index contributed by atoms with van der Waals surface area (Å²) in [5.74, 6) is -0.771. The van der Waals surface area contributed by atoms with Gasteiger partial charge in [-0.1, -0.05) is 75.5 Å². The molecule has 156 valence electrons. The summed E-state index contributed by atoms with van der Waals surface area (Å²) in [7, 11) is 0. The van der Waals surface area contributed by atoms with Crippen LogP contribution >= 0.6 is 0 Å². The molecule has 0 aromatic rings. The smallest absolute Gasteiger partial charge is 0.303 e. The molecule has 5 nitrogen and oxygen atoms in total. The Morgan fingerprint density at radius 2 is 1.59 bits per heavy atom. The van der Waals surface area contributed by atoms with Gasteiger partial charge in [-0.3, -0.25) is 4.79 Å². The normalized spacial score (nSPS) is 15.7. The second-order valence-corrected chi connectivity index (χ2v) is 6.95.